The third-order valence-corrected chi connectivity index (χ3v) is 3.93. The average Bonchev–Trinajstić information content (AvgIpc) is 2.77. The molecule has 2 N–H and O–H groups in total. The van der Waals surface area contributed by atoms with Crippen LogP contribution in [0.4, 0.5) is 0 Å². The summed E-state index contributed by atoms with van der Waals surface area (Å²) in [4.78, 5) is -0.256. The van der Waals surface area contributed by atoms with E-state index in [0.29, 0.717) is 13.2 Å². The van der Waals surface area contributed by atoms with Crippen LogP contribution in [0, 0.1) is 6.92 Å². The lowest BCUT2D eigenvalue weighted by Crippen LogP contribution is -2.30. The van der Waals surface area contributed by atoms with Crippen LogP contribution < -0.4 is 0 Å². The normalized spacial score (nSPS) is 18.7. The highest BCUT2D eigenvalue weighted by atomic mass is 32.2. The molecule has 1 heterocycles. The summed E-state index contributed by atoms with van der Waals surface area (Å²) in [5, 5.41) is 9.14. The second kappa shape index (κ2) is 5.18. The van der Waals surface area contributed by atoms with Crippen LogP contribution in [-0.4, -0.2) is 37.9 Å². The second-order valence-electron chi connectivity index (χ2n) is 4.40. The van der Waals surface area contributed by atoms with E-state index >= 15 is 0 Å². The van der Waals surface area contributed by atoms with E-state index in [9.17, 15) is 13.0 Å². The monoisotopic (exact) mass is 288 g/mol. The number of benzene rings is 1. The van der Waals surface area contributed by atoms with E-state index in [2.05, 4.69) is 0 Å². The highest BCUT2D eigenvalue weighted by Crippen LogP contribution is 2.38. The van der Waals surface area contributed by atoms with Gasteiger partial charge in [0.2, 0.25) is 0 Å². The predicted octanol–water partition coefficient (Wildman–Crippen LogP) is 0.824. The molecule has 0 atom stereocenters. The minimum absolute atomic E-state index is 0.0962. The summed E-state index contributed by atoms with van der Waals surface area (Å²) in [6, 6.07) is 4.47. The Balaban J connectivity index is 2.62. The zero-order valence-electron chi connectivity index (χ0n) is 10.5. The Morgan fingerprint density at radius 3 is 2.47 bits per heavy atom. The van der Waals surface area contributed by atoms with E-state index < -0.39 is 15.9 Å². The molecule has 1 aromatic rings. The lowest BCUT2D eigenvalue weighted by atomic mass is 10.0. The number of aliphatic hydroxyl groups excluding tert-OH is 1. The van der Waals surface area contributed by atoms with Gasteiger partial charge in [0.25, 0.3) is 10.1 Å². The van der Waals surface area contributed by atoms with Gasteiger partial charge in [-0.1, -0.05) is 11.6 Å². The van der Waals surface area contributed by atoms with Crippen LogP contribution in [0.2, 0.25) is 0 Å². The Morgan fingerprint density at radius 1 is 1.32 bits per heavy atom. The van der Waals surface area contributed by atoms with Gasteiger partial charge < -0.3 is 14.6 Å². The molecular weight excluding hydrogens is 272 g/mol. The van der Waals surface area contributed by atoms with Gasteiger partial charge in [0, 0.05) is 18.6 Å². The molecule has 1 aliphatic heterocycles. The highest BCUT2D eigenvalue weighted by molar-refractivity contribution is 7.85. The number of ether oxygens (including phenoxy) is 2. The average molecular weight is 288 g/mol. The fourth-order valence-corrected chi connectivity index (χ4v) is 2.94. The SMILES string of the molecule is Cc1ccc(S(=O)(=O)O)c(C2(CCO)OCCO2)c1. The Kier molecular flexibility index (Phi) is 3.93. The molecule has 0 radical (unpaired) electrons. The lowest BCUT2D eigenvalue weighted by Gasteiger charge is -2.28. The molecule has 0 amide bonds. The van der Waals surface area contributed by atoms with Crippen LogP contribution in [0.15, 0.2) is 23.1 Å². The number of rotatable bonds is 4. The smallest absolute Gasteiger partial charge is 0.294 e. The Hall–Kier alpha value is -0.990. The molecule has 1 aromatic carbocycles. The summed E-state index contributed by atoms with van der Waals surface area (Å²) in [6.45, 7) is 2.18. The summed E-state index contributed by atoms with van der Waals surface area (Å²) in [5.41, 5.74) is 1.03. The first-order valence-electron chi connectivity index (χ1n) is 5.86. The third kappa shape index (κ3) is 2.80. The molecule has 19 heavy (non-hydrogen) atoms. The second-order valence-corrected chi connectivity index (χ2v) is 5.79. The first kappa shape index (κ1) is 14.4. The predicted molar refractivity (Wildman–Crippen MR) is 66.3 cm³/mol. The van der Waals surface area contributed by atoms with Crippen molar-refractivity contribution in [3.8, 4) is 0 Å². The third-order valence-electron chi connectivity index (χ3n) is 3.02. The molecule has 0 bridgehead atoms. The Labute approximate surface area is 111 Å². The number of aliphatic hydroxyl groups is 1. The van der Waals surface area contributed by atoms with Crippen molar-refractivity contribution in [1.29, 1.82) is 0 Å². The molecule has 0 spiro atoms. The first-order chi connectivity index (χ1) is 8.89. The van der Waals surface area contributed by atoms with Crippen molar-refractivity contribution in [1.82, 2.24) is 0 Å². The highest BCUT2D eigenvalue weighted by Gasteiger charge is 2.41. The zero-order valence-corrected chi connectivity index (χ0v) is 11.3. The first-order valence-corrected chi connectivity index (χ1v) is 7.30. The van der Waals surface area contributed by atoms with Gasteiger partial charge in [0.05, 0.1) is 13.2 Å². The van der Waals surface area contributed by atoms with Gasteiger partial charge in [0.1, 0.15) is 4.90 Å². The summed E-state index contributed by atoms with van der Waals surface area (Å²) >= 11 is 0. The Bertz CT molecular complexity index is 560. The molecule has 2 rings (SSSR count). The van der Waals surface area contributed by atoms with E-state index in [-0.39, 0.29) is 23.5 Å². The van der Waals surface area contributed by atoms with Crippen molar-refractivity contribution in [3.63, 3.8) is 0 Å². The summed E-state index contributed by atoms with van der Waals surface area (Å²) in [6.07, 6.45) is 0.0962. The minimum atomic E-state index is -4.39. The van der Waals surface area contributed by atoms with Crippen molar-refractivity contribution in [3.05, 3.63) is 29.3 Å². The summed E-state index contributed by atoms with van der Waals surface area (Å²) < 4.78 is 43.2. The van der Waals surface area contributed by atoms with Crippen LogP contribution in [-0.2, 0) is 25.4 Å². The molecular formula is C12H16O6S. The lowest BCUT2D eigenvalue weighted by molar-refractivity contribution is -0.177. The summed E-state index contributed by atoms with van der Waals surface area (Å²) in [5.74, 6) is -1.31. The van der Waals surface area contributed by atoms with Gasteiger partial charge in [0.15, 0.2) is 5.79 Å². The Morgan fingerprint density at radius 2 is 1.95 bits per heavy atom. The van der Waals surface area contributed by atoms with Crippen molar-refractivity contribution >= 4 is 10.1 Å². The molecule has 0 aromatic heterocycles. The molecule has 0 aliphatic carbocycles. The maximum atomic E-state index is 11.5. The van der Waals surface area contributed by atoms with E-state index in [0.717, 1.165) is 5.56 Å². The number of hydrogen-bond donors (Lipinski definition) is 2. The fourth-order valence-electron chi connectivity index (χ4n) is 2.20. The summed E-state index contributed by atoms with van der Waals surface area (Å²) in [7, 11) is -4.39. The largest absolute Gasteiger partial charge is 0.396 e. The zero-order chi connectivity index (χ0) is 14.1. The van der Waals surface area contributed by atoms with Gasteiger partial charge in [-0.2, -0.15) is 8.42 Å². The van der Waals surface area contributed by atoms with Gasteiger partial charge >= 0.3 is 0 Å². The van der Waals surface area contributed by atoms with Gasteiger partial charge in [-0.15, -0.1) is 0 Å². The van der Waals surface area contributed by atoms with E-state index in [1.807, 2.05) is 0 Å². The number of aryl methyl sites for hydroxylation is 1. The van der Waals surface area contributed by atoms with Crippen LogP contribution in [0.1, 0.15) is 17.5 Å². The van der Waals surface area contributed by atoms with Gasteiger partial charge in [-0.25, -0.2) is 0 Å². The van der Waals surface area contributed by atoms with E-state index in [1.54, 1.807) is 19.1 Å². The molecule has 0 unspecified atom stereocenters. The van der Waals surface area contributed by atoms with Crippen LogP contribution >= 0.6 is 0 Å². The van der Waals surface area contributed by atoms with Crippen LogP contribution in [0.5, 0.6) is 0 Å². The molecule has 1 fully saturated rings. The molecule has 0 saturated carbocycles. The molecule has 1 aliphatic rings. The van der Waals surface area contributed by atoms with Crippen molar-refractivity contribution in [2.75, 3.05) is 19.8 Å². The van der Waals surface area contributed by atoms with Gasteiger partial charge in [-0.3, -0.25) is 4.55 Å². The molecule has 7 heteroatoms. The van der Waals surface area contributed by atoms with Crippen LogP contribution in [0.3, 0.4) is 0 Å². The van der Waals surface area contributed by atoms with Crippen molar-refractivity contribution < 1.29 is 27.6 Å². The molecule has 6 nitrogen and oxygen atoms in total. The maximum Gasteiger partial charge on any atom is 0.294 e. The standard InChI is InChI=1S/C12H16O6S/c1-9-2-3-11(19(14,15)16)10(8-9)12(4-5-13)17-6-7-18-12/h2-3,8,13H,4-7H2,1H3,(H,14,15,16). The number of hydrogen-bond acceptors (Lipinski definition) is 5. The van der Waals surface area contributed by atoms with Gasteiger partial charge in [-0.05, 0) is 19.1 Å². The minimum Gasteiger partial charge on any atom is -0.396 e. The van der Waals surface area contributed by atoms with E-state index in [4.69, 9.17) is 14.6 Å². The topological polar surface area (TPSA) is 93.1 Å². The molecule has 1 saturated heterocycles. The van der Waals surface area contributed by atoms with Crippen molar-refractivity contribution in [2.24, 2.45) is 0 Å². The maximum absolute atomic E-state index is 11.5. The fraction of sp³-hybridized carbons (Fsp3) is 0.500. The van der Waals surface area contributed by atoms with Crippen molar-refractivity contribution in [2.45, 2.75) is 24.0 Å². The van der Waals surface area contributed by atoms with E-state index in [1.165, 1.54) is 6.07 Å². The van der Waals surface area contributed by atoms with Crippen LogP contribution in [0.25, 0.3) is 0 Å². The quantitative estimate of drug-likeness (QED) is 0.797. The molecule has 106 valence electrons.